The Balaban J connectivity index is 2.02. The average molecular weight is 256 g/mol. The highest BCUT2D eigenvalue weighted by Crippen LogP contribution is 2.25. The maximum absolute atomic E-state index is 9.75. The van der Waals surface area contributed by atoms with Gasteiger partial charge < -0.3 is 10.2 Å². The fourth-order valence-electron chi connectivity index (χ4n) is 2.37. The first kappa shape index (κ1) is 12.7. The van der Waals surface area contributed by atoms with E-state index in [1.165, 1.54) is 0 Å². The van der Waals surface area contributed by atoms with Crippen LogP contribution in [0.5, 0.6) is 5.75 Å². The van der Waals surface area contributed by atoms with E-state index < -0.39 is 0 Å². The van der Waals surface area contributed by atoms with E-state index in [1.54, 1.807) is 18.2 Å². The summed E-state index contributed by atoms with van der Waals surface area (Å²) < 4.78 is 0. The van der Waals surface area contributed by atoms with Crippen LogP contribution in [-0.4, -0.2) is 34.8 Å². The Labute approximate surface area is 107 Å². The predicted molar refractivity (Wildman–Crippen MR) is 68.2 cm³/mol. The van der Waals surface area contributed by atoms with Crippen LogP contribution >= 0.6 is 11.6 Å². The van der Waals surface area contributed by atoms with Gasteiger partial charge in [-0.3, -0.25) is 4.90 Å². The van der Waals surface area contributed by atoms with E-state index in [-0.39, 0.29) is 6.61 Å². The Kier molecular flexibility index (Phi) is 4.26. The van der Waals surface area contributed by atoms with Crippen LogP contribution < -0.4 is 0 Å². The highest BCUT2D eigenvalue weighted by molar-refractivity contribution is 6.30. The van der Waals surface area contributed by atoms with Crippen LogP contribution in [0.3, 0.4) is 0 Å². The summed E-state index contributed by atoms with van der Waals surface area (Å²) in [5.41, 5.74) is 0.857. The van der Waals surface area contributed by atoms with Gasteiger partial charge in [0.05, 0.1) is 0 Å². The average Bonchev–Trinajstić information content (AvgIpc) is 2.34. The molecule has 1 saturated heterocycles. The largest absolute Gasteiger partial charge is 0.508 e. The van der Waals surface area contributed by atoms with Gasteiger partial charge in [-0.1, -0.05) is 11.6 Å². The first-order valence-corrected chi connectivity index (χ1v) is 6.37. The quantitative estimate of drug-likeness (QED) is 0.871. The molecule has 0 amide bonds. The van der Waals surface area contributed by atoms with E-state index in [0.717, 1.165) is 31.5 Å². The second-order valence-corrected chi connectivity index (χ2v) is 5.14. The summed E-state index contributed by atoms with van der Waals surface area (Å²) in [4.78, 5) is 2.26. The third kappa shape index (κ3) is 3.35. The number of nitrogens with zero attached hydrogens (tertiary/aromatic N) is 1. The fourth-order valence-corrected chi connectivity index (χ4v) is 2.56. The standard InChI is InChI=1S/C13H18ClNO2/c14-12-3-4-13(17)11(6-12)8-15-5-1-2-10(7-15)9-16/h3-4,6,10,16-17H,1-2,5,7-9H2/t10-/m0/s1. The van der Waals surface area contributed by atoms with Crippen molar-refractivity contribution < 1.29 is 10.2 Å². The lowest BCUT2D eigenvalue weighted by Crippen LogP contribution is -2.36. The van der Waals surface area contributed by atoms with Gasteiger partial charge in [0.15, 0.2) is 0 Å². The Morgan fingerprint density at radius 1 is 1.41 bits per heavy atom. The zero-order chi connectivity index (χ0) is 12.3. The molecule has 1 aromatic carbocycles. The monoisotopic (exact) mass is 255 g/mol. The van der Waals surface area contributed by atoms with Crippen LogP contribution in [0.25, 0.3) is 0 Å². The van der Waals surface area contributed by atoms with E-state index in [1.807, 2.05) is 0 Å². The number of aliphatic hydroxyl groups excluding tert-OH is 1. The van der Waals surface area contributed by atoms with Gasteiger partial charge in [-0.15, -0.1) is 0 Å². The van der Waals surface area contributed by atoms with Crippen LogP contribution in [0, 0.1) is 5.92 Å². The summed E-state index contributed by atoms with van der Waals surface area (Å²) in [5.74, 6) is 0.658. The molecule has 0 bridgehead atoms. The van der Waals surface area contributed by atoms with Crippen LogP contribution in [-0.2, 0) is 6.54 Å². The first-order chi connectivity index (χ1) is 8.19. The van der Waals surface area contributed by atoms with Gasteiger partial charge >= 0.3 is 0 Å². The van der Waals surface area contributed by atoms with E-state index >= 15 is 0 Å². The highest BCUT2D eigenvalue weighted by atomic mass is 35.5. The number of phenols is 1. The van der Waals surface area contributed by atoms with E-state index in [4.69, 9.17) is 11.6 Å². The molecule has 0 spiro atoms. The third-order valence-corrected chi connectivity index (χ3v) is 3.53. The van der Waals surface area contributed by atoms with Gasteiger partial charge in [-0.25, -0.2) is 0 Å². The lowest BCUT2D eigenvalue weighted by Gasteiger charge is -2.31. The van der Waals surface area contributed by atoms with Gasteiger partial charge in [0.25, 0.3) is 0 Å². The van der Waals surface area contributed by atoms with Gasteiger partial charge in [0.2, 0.25) is 0 Å². The van der Waals surface area contributed by atoms with Gasteiger partial charge in [0.1, 0.15) is 5.75 Å². The van der Waals surface area contributed by atoms with Crippen molar-refractivity contribution in [3.05, 3.63) is 28.8 Å². The molecule has 94 valence electrons. The van der Waals surface area contributed by atoms with Crippen molar-refractivity contribution >= 4 is 11.6 Å². The molecule has 0 saturated carbocycles. The summed E-state index contributed by atoms with van der Waals surface area (Å²) >= 11 is 5.92. The van der Waals surface area contributed by atoms with Crippen LogP contribution in [0.1, 0.15) is 18.4 Å². The molecule has 0 radical (unpaired) electrons. The van der Waals surface area contributed by atoms with Gasteiger partial charge in [0, 0.05) is 30.3 Å². The Morgan fingerprint density at radius 2 is 2.24 bits per heavy atom. The van der Waals surface area contributed by atoms with Crippen molar-refractivity contribution in [2.45, 2.75) is 19.4 Å². The molecule has 1 aromatic rings. The number of halogens is 1. The molecule has 0 aromatic heterocycles. The summed E-state index contributed by atoms with van der Waals surface area (Å²) in [7, 11) is 0. The van der Waals surface area contributed by atoms with E-state index in [2.05, 4.69) is 4.90 Å². The molecule has 1 fully saturated rings. The fraction of sp³-hybridized carbons (Fsp3) is 0.538. The van der Waals surface area contributed by atoms with Gasteiger partial charge in [-0.05, 0) is 43.5 Å². The molecule has 2 N–H and O–H groups in total. The molecule has 4 heteroatoms. The zero-order valence-corrected chi connectivity index (χ0v) is 10.5. The maximum Gasteiger partial charge on any atom is 0.120 e. The molecular weight excluding hydrogens is 238 g/mol. The number of piperidine rings is 1. The second kappa shape index (κ2) is 5.71. The Morgan fingerprint density at radius 3 is 3.00 bits per heavy atom. The SMILES string of the molecule is OC[C@H]1CCCN(Cc2cc(Cl)ccc2O)C1. The number of aromatic hydroxyl groups is 1. The molecule has 1 aliphatic heterocycles. The number of rotatable bonds is 3. The molecular formula is C13H18ClNO2. The minimum absolute atomic E-state index is 0.248. The third-order valence-electron chi connectivity index (χ3n) is 3.30. The molecule has 0 aliphatic carbocycles. The Hall–Kier alpha value is -0.770. The normalized spacial score (nSPS) is 21.6. The van der Waals surface area contributed by atoms with Crippen molar-refractivity contribution in [1.82, 2.24) is 4.90 Å². The summed E-state index contributed by atoms with van der Waals surface area (Å²) in [5, 5.41) is 19.6. The number of hydrogen-bond acceptors (Lipinski definition) is 3. The summed E-state index contributed by atoms with van der Waals surface area (Å²) in [6.45, 7) is 2.85. The van der Waals surface area contributed by atoms with E-state index in [0.29, 0.717) is 23.2 Å². The first-order valence-electron chi connectivity index (χ1n) is 5.99. The van der Waals surface area contributed by atoms with Crippen LogP contribution in [0.4, 0.5) is 0 Å². The molecule has 1 atom stereocenters. The highest BCUT2D eigenvalue weighted by Gasteiger charge is 2.19. The minimum atomic E-state index is 0.248. The smallest absolute Gasteiger partial charge is 0.120 e. The molecule has 17 heavy (non-hydrogen) atoms. The number of benzene rings is 1. The molecule has 1 aliphatic rings. The van der Waals surface area contributed by atoms with Gasteiger partial charge in [-0.2, -0.15) is 0 Å². The molecule has 2 rings (SSSR count). The number of aliphatic hydroxyl groups is 1. The lowest BCUT2D eigenvalue weighted by molar-refractivity contribution is 0.115. The van der Waals surface area contributed by atoms with Crippen LogP contribution in [0.15, 0.2) is 18.2 Å². The van der Waals surface area contributed by atoms with Crippen molar-refractivity contribution in [3.63, 3.8) is 0 Å². The molecule has 0 unspecified atom stereocenters. The number of phenolic OH excluding ortho intramolecular Hbond substituents is 1. The van der Waals surface area contributed by atoms with Crippen molar-refractivity contribution in [2.75, 3.05) is 19.7 Å². The summed E-state index contributed by atoms with van der Waals surface area (Å²) in [6.07, 6.45) is 2.20. The van der Waals surface area contributed by atoms with Crippen LogP contribution in [0.2, 0.25) is 5.02 Å². The minimum Gasteiger partial charge on any atom is -0.508 e. The van der Waals surface area contributed by atoms with Crippen molar-refractivity contribution in [3.8, 4) is 5.75 Å². The zero-order valence-electron chi connectivity index (χ0n) is 9.77. The number of hydrogen-bond donors (Lipinski definition) is 2. The lowest BCUT2D eigenvalue weighted by atomic mass is 9.98. The molecule has 1 heterocycles. The van der Waals surface area contributed by atoms with Crippen molar-refractivity contribution in [2.24, 2.45) is 5.92 Å². The maximum atomic E-state index is 9.75. The Bertz CT molecular complexity index is 384. The molecule has 3 nitrogen and oxygen atoms in total. The topological polar surface area (TPSA) is 43.7 Å². The number of likely N-dealkylation sites (tertiary alicyclic amines) is 1. The van der Waals surface area contributed by atoms with Crippen molar-refractivity contribution in [1.29, 1.82) is 0 Å². The summed E-state index contributed by atoms with van der Waals surface area (Å²) in [6, 6.07) is 5.12. The van der Waals surface area contributed by atoms with E-state index in [9.17, 15) is 10.2 Å². The predicted octanol–water partition coefficient (Wildman–Crippen LogP) is 2.25. The second-order valence-electron chi connectivity index (χ2n) is 4.70.